The summed E-state index contributed by atoms with van der Waals surface area (Å²) in [7, 11) is 0. The molecular formula is C8H15NO2. The molecule has 0 saturated carbocycles. The molecule has 11 heavy (non-hydrogen) atoms. The van der Waals surface area contributed by atoms with Gasteiger partial charge in [-0.25, -0.2) is 0 Å². The van der Waals surface area contributed by atoms with Crippen LogP contribution in [0.1, 0.15) is 6.42 Å². The second kappa shape index (κ2) is 3.52. The first-order valence-electron chi connectivity index (χ1n) is 4.37. The molecule has 3 nitrogen and oxygen atoms in total. The van der Waals surface area contributed by atoms with Gasteiger partial charge in [0.1, 0.15) is 0 Å². The van der Waals surface area contributed by atoms with Crippen molar-refractivity contribution >= 4 is 0 Å². The number of hydrogen-bond donors (Lipinski definition) is 0. The third-order valence-electron chi connectivity index (χ3n) is 2.27. The zero-order chi connectivity index (χ0) is 7.52. The highest BCUT2D eigenvalue weighted by molar-refractivity contribution is 4.72. The van der Waals surface area contributed by atoms with Crippen LogP contribution in [0.4, 0.5) is 0 Å². The molecule has 2 saturated heterocycles. The molecule has 2 heterocycles. The summed E-state index contributed by atoms with van der Waals surface area (Å²) in [6.45, 7) is 6.20. The van der Waals surface area contributed by atoms with E-state index in [-0.39, 0.29) is 0 Å². The molecule has 2 aliphatic heterocycles. The number of hydrogen-bond acceptors (Lipinski definition) is 3. The van der Waals surface area contributed by atoms with Gasteiger partial charge in [-0.05, 0) is 6.42 Å². The number of ether oxygens (including phenoxy) is 2. The maximum atomic E-state index is 5.25. The van der Waals surface area contributed by atoms with Crippen molar-refractivity contribution in [2.75, 3.05) is 39.5 Å². The van der Waals surface area contributed by atoms with E-state index in [1.807, 2.05) is 0 Å². The van der Waals surface area contributed by atoms with Crippen molar-refractivity contribution in [2.24, 2.45) is 0 Å². The van der Waals surface area contributed by atoms with E-state index in [1.165, 1.54) is 13.0 Å². The highest BCUT2D eigenvalue weighted by atomic mass is 16.6. The van der Waals surface area contributed by atoms with Crippen molar-refractivity contribution in [1.29, 1.82) is 0 Å². The lowest BCUT2D eigenvalue weighted by Crippen LogP contribution is -2.37. The lowest BCUT2D eigenvalue weighted by molar-refractivity contribution is 0.0365. The van der Waals surface area contributed by atoms with Crippen LogP contribution in [0.5, 0.6) is 0 Å². The van der Waals surface area contributed by atoms with Crippen LogP contribution in [0, 0.1) is 0 Å². The highest BCUT2D eigenvalue weighted by Gasteiger charge is 2.23. The Morgan fingerprint density at radius 3 is 2.64 bits per heavy atom. The Bertz CT molecular complexity index is 119. The lowest BCUT2D eigenvalue weighted by Gasteiger charge is -2.26. The second-order valence-corrected chi connectivity index (χ2v) is 3.20. The van der Waals surface area contributed by atoms with E-state index >= 15 is 0 Å². The van der Waals surface area contributed by atoms with Gasteiger partial charge in [-0.15, -0.1) is 0 Å². The van der Waals surface area contributed by atoms with E-state index in [4.69, 9.17) is 9.47 Å². The molecule has 0 aromatic rings. The summed E-state index contributed by atoms with van der Waals surface area (Å²) >= 11 is 0. The normalized spacial score (nSPS) is 32.2. The standard InChI is InChI=1S/C8H15NO2/c1(8-7-11-8)2-9-3-5-10-6-4-9/h8H,1-7H2. The minimum absolute atomic E-state index is 0.581. The zero-order valence-corrected chi connectivity index (χ0v) is 6.79. The molecule has 3 heteroatoms. The minimum atomic E-state index is 0.581. The van der Waals surface area contributed by atoms with Gasteiger partial charge in [0.05, 0.1) is 25.9 Å². The van der Waals surface area contributed by atoms with Gasteiger partial charge in [0.25, 0.3) is 0 Å². The van der Waals surface area contributed by atoms with Gasteiger partial charge in [0, 0.05) is 19.6 Å². The lowest BCUT2D eigenvalue weighted by atomic mass is 10.3. The van der Waals surface area contributed by atoms with Gasteiger partial charge in [-0.2, -0.15) is 0 Å². The molecular weight excluding hydrogens is 142 g/mol. The topological polar surface area (TPSA) is 25.0 Å². The van der Waals surface area contributed by atoms with Crippen molar-refractivity contribution in [3.63, 3.8) is 0 Å². The summed E-state index contributed by atoms with van der Waals surface area (Å²) in [5, 5.41) is 0. The molecule has 64 valence electrons. The fourth-order valence-corrected chi connectivity index (χ4v) is 1.39. The van der Waals surface area contributed by atoms with Gasteiger partial charge in [-0.1, -0.05) is 0 Å². The van der Waals surface area contributed by atoms with Gasteiger partial charge in [0.15, 0.2) is 0 Å². The van der Waals surface area contributed by atoms with E-state index in [2.05, 4.69) is 4.90 Å². The molecule has 2 fully saturated rings. The van der Waals surface area contributed by atoms with E-state index < -0.39 is 0 Å². The van der Waals surface area contributed by atoms with Crippen molar-refractivity contribution in [3.05, 3.63) is 0 Å². The van der Waals surface area contributed by atoms with Crippen molar-refractivity contribution < 1.29 is 9.47 Å². The van der Waals surface area contributed by atoms with Crippen LogP contribution in [-0.2, 0) is 9.47 Å². The fraction of sp³-hybridized carbons (Fsp3) is 1.00. The quantitative estimate of drug-likeness (QED) is 0.543. The summed E-state index contributed by atoms with van der Waals surface area (Å²) in [4.78, 5) is 2.45. The van der Waals surface area contributed by atoms with Crippen LogP contribution in [0.15, 0.2) is 0 Å². The van der Waals surface area contributed by atoms with Crippen LogP contribution < -0.4 is 0 Å². The summed E-state index contributed by atoms with van der Waals surface area (Å²) in [5.41, 5.74) is 0. The molecule has 1 atom stereocenters. The fourth-order valence-electron chi connectivity index (χ4n) is 1.39. The smallest absolute Gasteiger partial charge is 0.0822 e. The van der Waals surface area contributed by atoms with Crippen LogP contribution >= 0.6 is 0 Å². The van der Waals surface area contributed by atoms with Gasteiger partial charge in [-0.3, -0.25) is 4.90 Å². The van der Waals surface area contributed by atoms with Crippen LogP contribution in [-0.4, -0.2) is 50.5 Å². The summed E-state index contributed by atoms with van der Waals surface area (Å²) < 4.78 is 10.4. The second-order valence-electron chi connectivity index (χ2n) is 3.20. The van der Waals surface area contributed by atoms with Gasteiger partial charge >= 0.3 is 0 Å². The molecule has 2 rings (SSSR count). The number of epoxide rings is 1. The first-order valence-corrected chi connectivity index (χ1v) is 4.37. The van der Waals surface area contributed by atoms with Crippen LogP contribution in [0.2, 0.25) is 0 Å². The maximum Gasteiger partial charge on any atom is 0.0822 e. The Kier molecular flexibility index (Phi) is 2.41. The minimum Gasteiger partial charge on any atom is -0.379 e. The first kappa shape index (κ1) is 7.53. The van der Waals surface area contributed by atoms with Crippen molar-refractivity contribution in [2.45, 2.75) is 12.5 Å². The SMILES string of the molecule is C1CN(CCC2CO2)CCO1. The molecule has 0 spiro atoms. The molecule has 0 bridgehead atoms. The molecule has 0 aliphatic carbocycles. The first-order chi connectivity index (χ1) is 5.45. The average Bonchev–Trinajstić information content (AvgIpc) is 2.86. The molecule has 0 amide bonds. The van der Waals surface area contributed by atoms with Gasteiger partial charge < -0.3 is 9.47 Å². The number of morpholine rings is 1. The number of nitrogens with zero attached hydrogens (tertiary/aromatic N) is 1. The highest BCUT2D eigenvalue weighted by Crippen LogP contribution is 2.14. The van der Waals surface area contributed by atoms with E-state index in [1.54, 1.807) is 0 Å². The third-order valence-corrected chi connectivity index (χ3v) is 2.27. The molecule has 0 aromatic carbocycles. The van der Waals surface area contributed by atoms with Crippen molar-refractivity contribution in [1.82, 2.24) is 4.90 Å². The Labute approximate surface area is 67.3 Å². The predicted molar refractivity (Wildman–Crippen MR) is 41.6 cm³/mol. The third kappa shape index (κ3) is 2.43. The molecule has 0 aromatic heterocycles. The molecule has 1 unspecified atom stereocenters. The van der Waals surface area contributed by atoms with Crippen LogP contribution in [0.3, 0.4) is 0 Å². The predicted octanol–water partition coefficient (Wildman–Crippen LogP) is 0.107. The molecule has 0 radical (unpaired) electrons. The molecule has 2 aliphatic rings. The average molecular weight is 157 g/mol. The Hall–Kier alpha value is -0.120. The number of rotatable bonds is 3. The Morgan fingerprint density at radius 2 is 2.00 bits per heavy atom. The summed E-state index contributed by atoms with van der Waals surface area (Å²) in [6.07, 6.45) is 1.79. The zero-order valence-electron chi connectivity index (χ0n) is 6.79. The Morgan fingerprint density at radius 1 is 1.27 bits per heavy atom. The largest absolute Gasteiger partial charge is 0.379 e. The Balaban J connectivity index is 1.59. The monoisotopic (exact) mass is 157 g/mol. The van der Waals surface area contributed by atoms with Crippen molar-refractivity contribution in [3.8, 4) is 0 Å². The van der Waals surface area contributed by atoms with E-state index in [0.717, 1.165) is 32.9 Å². The summed E-state index contributed by atoms with van der Waals surface area (Å²) in [6, 6.07) is 0. The van der Waals surface area contributed by atoms with Crippen LogP contribution in [0.25, 0.3) is 0 Å². The van der Waals surface area contributed by atoms with E-state index in [0.29, 0.717) is 6.10 Å². The molecule has 0 N–H and O–H groups in total. The van der Waals surface area contributed by atoms with Gasteiger partial charge in [0.2, 0.25) is 0 Å². The maximum absolute atomic E-state index is 5.25. The van der Waals surface area contributed by atoms with E-state index in [9.17, 15) is 0 Å². The summed E-state index contributed by atoms with van der Waals surface area (Å²) in [5.74, 6) is 0.